The summed E-state index contributed by atoms with van der Waals surface area (Å²) in [4.78, 5) is 40.5. The summed E-state index contributed by atoms with van der Waals surface area (Å²) in [6.45, 7) is 6.77. The standard InChI is InChI=1S/C21H26N6O2/c28-17-25-8-10-26(11-9-25)20-14-19(22-16-23-20)21(29)27-12-6-24(7-13-27)15-18-4-2-1-3-5-18/h1-5,14,16-17H,6-13,15H2. The van der Waals surface area contributed by atoms with E-state index in [1.807, 2.05) is 11.0 Å². The Labute approximate surface area is 170 Å². The van der Waals surface area contributed by atoms with E-state index in [2.05, 4.69) is 44.0 Å². The van der Waals surface area contributed by atoms with Crippen LogP contribution in [0.2, 0.25) is 0 Å². The van der Waals surface area contributed by atoms with Gasteiger partial charge in [-0.25, -0.2) is 9.97 Å². The first-order valence-corrected chi connectivity index (χ1v) is 10.0. The number of piperazine rings is 2. The van der Waals surface area contributed by atoms with Crippen molar-refractivity contribution in [3.05, 3.63) is 54.0 Å². The lowest BCUT2D eigenvalue weighted by Gasteiger charge is -2.35. The van der Waals surface area contributed by atoms with Crippen LogP contribution in [0.15, 0.2) is 42.7 Å². The van der Waals surface area contributed by atoms with Gasteiger partial charge in [-0.15, -0.1) is 0 Å². The number of anilines is 1. The highest BCUT2D eigenvalue weighted by molar-refractivity contribution is 5.93. The Hall–Kier alpha value is -3.00. The largest absolute Gasteiger partial charge is 0.353 e. The summed E-state index contributed by atoms with van der Waals surface area (Å²) in [5.74, 6) is 0.705. The molecular weight excluding hydrogens is 368 g/mol. The predicted molar refractivity (Wildman–Crippen MR) is 110 cm³/mol. The highest BCUT2D eigenvalue weighted by Crippen LogP contribution is 2.16. The molecule has 0 aliphatic carbocycles. The van der Waals surface area contributed by atoms with Gasteiger partial charge in [-0.2, -0.15) is 0 Å². The molecule has 0 unspecified atom stereocenters. The van der Waals surface area contributed by atoms with Gasteiger partial charge in [0.1, 0.15) is 17.8 Å². The number of carbonyl (C=O) groups is 2. The van der Waals surface area contributed by atoms with Crippen LogP contribution in [-0.2, 0) is 11.3 Å². The van der Waals surface area contributed by atoms with Crippen LogP contribution in [0, 0.1) is 0 Å². The zero-order valence-corrected chi connectivity index (χ0v) is 16.5. The molecule has 152 valence electrons. The second-order valence-corrected chi connectivity index (χ2v) is 7.44. The van der Waals surface area contributed by atoms with E-state index in [4.69, 9.17) is 0 Å². The van der Waals surface area contributed by atoms with Gasteiger partial charge >= 0.3 is 0 Å². The average molecular weight is 394 g/mol. The fraction of sp³-hybridized carbons (Fsp3) is 0.429. The number of hydrogen-bond donors (Lipinski definition) is 0. The highest BCUT2D eigenvalue weighted by Gasteiger charge is 2.24. The zero-order valence-electron chi connectivity index (χ0n) is 16.5. The normalized spacial score (nSPS) is 18.0. The number of aromatic nitrogens is 2. The van der Waals surface area contributed by atoms with Crippen LogP contribution in [0.3, 0.4) is 0 Å². The van der Waals surface area contributed by atoms with Crippen molar-refractivity contribution in [3.8, 4) is 0 Å². The van der Waals surface area contributed by atoms with Gasteiger partial charge in [0.15, 0.2) is 0 Å². The number of carbonyl (C=O) groups excluding carboxylic acids is 2. The van der Waals surface area contributed by atoms with E-state index < -0.39 is 0 Å². The van der Waals surface area contributed by atoms with Crippen molar-refractivity contribution in [2.45, 2.75) is 6.54 Å². The van der Waals surface area contributed by atoms with Gasteiger partial charge in [0, 0.05) is 65.0 Å². The maximum atomic E-state index is 12.9. The lowest BCUT2D eigenvalue weighted by atomic mass is 10.2. The minimum atomic E-state index is -0.0421. The molecule has 0 radical (unpaired) electrons. The second-order valence-electron chi connectivity index (χ2n) is 7.44. The van der Waals surface area contributed by atoms with Gasteiger partial charge in [-0.05, 0) is 5.56 Å². The monoisotopic (exact) mass is 394 g/mol. The number of nitrogens with zero attached hydrogens (tertiary/aromatic N) is 6. The lowest BCUT2D eigenvalue weighted by Crippen LogP contribution is -2.48. The molecule has 2 fully saturated rings. The summed E-state index contributed by atoms with van der Waals surface area (Å²) in [5, 5.41) is 0. The second kappa shape index (κ2) is 9.00. The molecular formula is C21H26N6O2. The van der Waals surface area contributed by atoms with Crippen molar-refractivity contribution >= 4 is 18.1 Å². The first-order valence-electron chi connectivity index (χ1n) is 10.0. The third kappa shape index (κ3) is 4.71. The quantitative estimate of drug-likeness (QED) is 0.696. The average Bonchev–Trinajstić information content (AvgIpc) is 2.80. The third-order valence-electron chi connectivity index (χ3n) is 5.57. The molecule has 2 amide bonds. The van der Waals surface area contributed by atoms with E-state index in [0.717, 1.165) is 31.9 Å². The molecule has 0 bridgehead atoms. The molecule has 2 aromatic rings. The fourth-order valence-electron chi connectivity index (χ4n) is 3.81. The predicted octanol–water partition coefficient (Wildman–Crippen LogP) is 0.713. The van der Waals surface area contributed by atoms with Gasteiger partial charge in [0.2, 0.25) is 6.41 Å². The third-order valence-corrected chi connectivity index (χ3v) is 5.57. The molecule has 0 N–H and O–H groups in total. The molecule has 2 aliphatic heterocycles. The Balaban J connectivity index is 1.34. The number of hydrogen-bond acceptors (Lipinski definition) is 6. The van der Waals surface area contributed by atoms with E-state index in [1.54, 1.807) is 11.0 Å². The number of rotatable bonds is 5. The number of amides is 2. The van der Waals surface area contributed by atoms with Crippen molar-refractivity contribution in [1.29, 1.82) is 0 Å². The molecule has 8 nitrogen and oxygen atoms in total. The van der Waals surface area contributed by atoms with E-state index in [1.165, 1.54) is 11.9 Å². The van der Waals surface area contributed by atoms with Gasteiger partial charge in [-0.1, -0.05) is 30.3 Å². The zero-order chi connectivity index (χ0) is 20.1. The Morgan fingerprint density at radius 1 is 0.931 bits per heavy atom. The van der Waals surface area contributed by atoms with E-state index >= 15 is 0 Å². The van der Waals surface area contributed by atoms with Crippen LogP contribution in [0.1, 0.15) is 16.1 Å². The van der Waals surface area contributed by atoms with Gasteiger partial charge in [0.25, 0.3) is 5.91 Å². The molecule has 8 heteroatoms. The Kier molecular flexibility index (Phi) is 6.00. The molecule has 0 spiro atoms. The van der Waals surface area contributed by atoms with Crippen LogP contribution in [0.4, 0.5) is 5.82 Å². The molecule has 2 aliphatic rings. The van der Waals surface area contributed by atoms with Gasteiger partial charge in [0.05, 0.1) is 0 Å². The SMILES string of the molecule is O=CN1CCN(c2cc(C(=O)N3CCN(Cc4ccccc4)CC3)ncn2)CC1. The Morgan fingerprint density at radius 3 is 2.34 bits per heavy atom. The van der Waals surface area contributed by atoms with E-state index in [-0.39, 0.29) is 5.91 Å². The molecule has 4 rings (SSSR count). The van der Waals surface area contributed by atoms with Crippen molar-refractivity contribution in [3.63, 3.8) is 0 Å². The lowest BCUT2D eigenvalue weighted by molar-refractivity contribution is -0.118. The minimum Gasteiger partial charge on any atom is -0.353 e. The maximum absolute atomic E-state index is 12.9. The fourth-order valence-corrected chi connectivity index (χ4v) is 3.81. The number of benzene rings is 1. The summed E-state index contributed by atoms with van der Waals surface area (Å²) < 4.78 is 0. The van der Waals surface area contributed by atoms with Gasteiger partial charge in [-0.3, -0.25) is 14.5 Å². The summed E-state index contributed by atoms with van der Waals surface area (Å²) in [7, 11) is 0. The minimum absolute atomic E-state index is 0.0421. The maximum Gasteiger partial charge on any atom is 0.272 e. The van der Waals surface area contributed by atoms with Crippen molar-refractivity contribution < 1.29 is 9.59 Å². The Bertz CT molecular complexity index is 830. The van der Waals surface area contributed by atoms with Gasteiger partial charge < -0.3 is 14.7 Å². The van der Waals surface area contributed by atoms with Crippen LogP contribution in [0.5, 0.6) is 0 Å². The van der Waals surface area contributed by atoms with E-state index in [0.29, 0.717) is 45.0 Å². The molecule has 2 saturated heterocycles. The molecule has 29 heavy (non-hydrogen) atoms. The first kappa shape index (κ1) is 19.3. The molecule has 1 aromatic heterocycles. The molecule has 1 aromatic carbocycles. The Morgan fingerprint density at radius 2 is 1.66 bits per heavy atom. The van der Waals surface area contributed by atoms with E-state index in [9.17, 15) is 9.59 Å². The summed E-state index contributed by atoms with van der Waals surface area (Å²) >= 11 is 0. The van der Waals surface area contributed by atoms with Crippen molar-refractivity contribution in [1.82, 2.24) is 24.7 Å². The van der Waals surface area contributed by atoms with Crippen molar-refractivity contribution in [2.75, 3.05) is 57.3 Å². The summed E-state index contributed by atoms with van der Waals surface area (Å²) in [6, 6.07) is 12.2. The van der Waals surface area contributed by atoms with Crippen LogP contribution < -0.4 is 4.90 Å². The molecule has 0 atom stereocenters. The molecule has 3 heterocycles. The molecule has 0 saturated carbocycles. The van der Waals surface area contributed by atoms with Crippen LogP contribution in [0.25, 0.3) is 0 Å². The van der Waals surface area contributed by atoms with Crippen LogP contribution in [-0.4, -0.2) is 89.3 Å². The smallest absolute Gasteiger partial charge is 0.272 e. The van der Waals surface area contributed by atoms with Crippen molar-refractivity contribution in [2.24, 2.45) is 0 Å². The summed E-state index contributed by atoms with van der Waals surface area (Å²) in [5.41, 5.74) is 1.73. The summed E-state index contributed by atoms with van der Waals surface area (Å²) in [6.07, 6.45) is 2.34. The first-order chi connectivity index (χ1) is 14.2. The van der Waals surface area contributed by atoms with Crippen LogP contribution >= 0.6 is 0 Å². The topological polar surface area (TPSA) is 72.9 Å². The highest BCUT2D eigenvalue weighted by atomic mass is 16.2.